The van der Waals surface area contributed by atoms with Gasteiger partial charge in [0.25, 0.3) is 0 Å². The average Bonchev–Trinajstić information content (AvgIpc) is 3.18. The summed E-state index contributed by atoms with van der Waals surface area (Å²) in [5.74, 6) is -9.93. The van der Waals surface area contributed by atoms with Crippen LogP contribution < -0.4 is 9.47 Å². The van der Waals surface area contributed by atoms with Crippen LogP contribution in [0.5, 0.6) is 11.5 Å². The van der Waals surface area contributed by atoms with Crippen LogP contribution in [-0.2, 0) is 61.0 Å². The number of carbonyl (C=O) groups is 7. The molecule has 0 fully saturated rings. The van der Waals surface area contributed by atoms with E-state index in [4.69, 9.17) is 23.7 Å². The number of rotatable bonds is 25. The van der Waals surface area contributed by atoms with E-state index in [1.54, 1.807) is 25.1 Å². The molecule has 0 amide bonds. The minimum atomic E-state index is -2.69. The van der Waals surface area contributed by atoms with Crippen LogP contribution in [0.1, 0.15) is 106 Å². The summed E-state index contributed by atoms with van der Waals surface area (Å²) in [6, 6.07) is 12.0. The third kappa shape index (κ3) is 18.8. The van der Waals surface area contributed by atoms with Gasteiger partial charge >= 0.3 is 41.8 Å². The fourth-order valence-electron chi connectivity index (χ4n) is 7.03. The number of hydrogen-bond acceptors (Lipinski definition) is 13. The Morgan fingerprint density at radius 2 is 1.13 bits per heavy atom. The Kier molecular flexibility index (Phi) is 21.8. The summed E-state index contributed by atoms with van der Waals surface area (Å²) in [6.07, 6.45) is 2.41. The van der Waals surface area contributed by atoms with E-state index < -0.39 is 72.4 Å². The molecule has 0 saturated heterocycles. The molecule has 2 aromatic rings. The highest BCUT2D eigenvalue weighted by molar-refractivity contribution is 5.92. The van der Waals surface area contributed by atoms with Crippen LogP contribution in [0.3, 0.4) is 0 Å². The van der Waals surface area contributed by atoms with Gasteiger partial charge in [-0.2, -0.15) is 0 Å². The van der Waals surface area contributed by atoms with Crippen LogP contribution in [0.4, 0.5) is 0 Å². The second-order valence-corrected chi connectivity index (χ2v) is 16.3. The summed E-state index contributed by atoms with van der Waals surface area (Å²) in [6.45, 7) is 16.0. The Labute approximate surface area is 363 Å². The lowest BCUT2D eigenvalue weighted by Gasteiger charge is -2.25. The second-order valence-electron chi connectivity index (χ2n) is 16.3. The molecule has 0 aliphatic rings. The van der Waals surface area contributed by atoms with E-state index in [1.165, 1.54) is 57.2 Å². The molecule has 15 nitrogen and oxygen atoms in total. The van der Waals surface area contributed by atoms with Crippen LogP contribution in [-0.4, -0.2) is 69.3 Å². The molecule has 0 aliphatic carbocycles. The van der Waals surface area contributed by atoms with Crippen molar-refractivity contribution >= 4 is 41.8 Å². The highest BCUT2D eigenvalue weighted by Gasteiger charge is 2.46. The fourth-order valence-corrected chi connectivity index (χ4v) is 7.03. The Hall–Kier alpha value is -5.83. The van der Waals surface area contributed by atoms with Gasteiger partial charge in [-0.15, -0.1) is 0 Å². The maximum absolute atomic E-state index is 13.7. The highest BCUT2D eigenvalue weighted by atomic mass is 16.6. The molecule has 8 unspecified atom stereocenters. The minimum Gasteiger partial charge on any atom is -0.481 e. The van der Waals surface area contributed by atoms with E-state index in [9.17, 15) is 48.9 Å². The maximum Gasteiger partial charge on any atom is 0.348 e. The number of aliphatic carboxylic acids is 2. The van der Waals surface area contributed by atoms with Crippen LogP contribution in [0.2, 0.25) is 0 Å². The van der Waals surface area contributed by atoms with Gasteiger partial charge in [-0.3, -0.25) is 19.2 Å². The van der Waals surface area contributed by atoms with Gasteiger partial charge in [-0.25, -0.2) is 14.4 Å². The molecule has 0 heterocycles. The minimum absolute atomic E-state index is 0.0406. The molecule has 62 heavy (non-hydrogen) atoms. The summed E-state index contributed by atoms with van der Waals surface area (Å²) >= 11 is 0. The topological polar surface area (TPSA) is 226 Å². The van der Waals surface area contributed by atoms with Gasteiger partial charge in [-0.05, 0) is 97.7 Å². The molecule has 3 N–H and O–H groups in total. The van der Waals surface area contributed by atoms with Gasteiger partial charge in [0.15, 0.2) is 6.10 Å². The Balaban J connectivity index is 2.39. The molecular formula is C47H62O15. The number of hydrogen-bond donors (Lipinski definition) is 3. The zero-order valence-corrected chi connectivity index (χ0v) is 37.1. The first-order valence-corrected chi connectivity index (χ1v) is 20.7. The van der Waals surface area contributed by atoms with E-state index in [0.717, 1.165) is 25.7 Å². The molecule has 8 atom stereocenters. The average molecular weight is 867 g/mol. The number of aliphatic hydroxyl groups excluding tert-OH is 1. The number of carbonyl (C=O) groups excluding carboxylic acids is 5. The van der Waals surface area contributed by atoms with Crippen molar-refractivity contribution in [2.24, 2.45) is 35.5 Å². The van der Waals surface area contributed by atoms with E-state index in [1.807, 2.05) is 6.08 Å². The predicted octanol–water partition coefficient (Wildman–Crippen LogP) is 7.41. The number of allylic oxidation sites excluding steroid dienone is 3. The largest absolute Gasteiger partial charge is 0.481 e. The number of ether oxygens (including phenoxy) is 5. The van der Waals surface area contributed by atoms with Crippen molar-refractivity contribution < 1.29 is 72.6 Å². The van der Waals surface area contributed by atoms with Crippen LogP contribution in [0.25, 0.3) is 0 Å². The zero-order chi connectivity index (χ0) is 46.7. The van der Waals surface area contributed by atoms with Gasteiger partial charge in [-0.1, -0.05) is 83.9 Å². The Morgan fingerprint density at radius 1 is 0.645 bits per heavy atom. The van der Waals surface area contributed by atoms with Crippen LogP contribution in [0, 0.1) is 35.5 Å². The highest BCUT2D eigenvalue weighted by Crippen LogP contribution is 2.27. The number of benzene rings is 2. The monoisotopic (exact) mass is 866 g/mol. The second kappa shape index (κ2) is 25.8. The SMILES string of the molecule is CCC(C)CC(C)CC(C)CC(C)/C=C(C)/C=C(/CC(C)C(=O)OC(C(=O)OCc1ccc(OC(C)=O)cc1)C(C(=O)O)C(O)C(=O)O)C(=O)OCc1ccc(OC(C)=O)cc1. The molecule has 2 rings (SSSR count). The maximum atomic E-state index is 13.7. The third-order valence-corrected chi connectivity index (χ3v) is 10.0. The molecule has 340 valence electrons. The Morgan fingerprint density at radius 3 is 1.60 bits per heavy atom. The van der Waals surface area contributed by atoms with E-state index >= 15 is 0 Å². The Bertz CT molecular complexity index is 1900. The first-order chi connectivity index (χ1) is 29.1. The molecule has 2 aromatic carbocycles. The summed E-state index contributed by atoms with van der Waals surface area (Å²) in [7, 11) is 0. The summed E-state index contributed by atoms with van der Waals surface area (Å²) in [5.41, 5.74) is 1.65. The van der Waals surface area contributed by atoms with Crippen molar-refractivity contribution in [3.63, 3.8) is 0 Å². The normalized spacial score (nSPS) is 15.6. The lowest BCUT2D eigenvalue weighted by Crippen LogP contribution is -2.49. The molecule has 0 radical (unpaired) electrons. The van der Waals surface area contributed by atoms with Crippen molar-refractivity contribution in [3.05, 3.63) is 83.0 Å². The van der Waals surface area contributed by atoms with Gasteiger partial charge in [0.05, 0.1) is 5.92 Å². The summed E-state index contributed by atoms with van der Waals surface area (Å²) in [4.78, 5) is 87.3. The number of carboxylic acids is 2. The van der Waals surface area contributed by atoms with Gasteiger partial charge in [0, 0.05) is 19.4 Å². The van der Waals surface area contributed by atoms with Crippen molar-refractivity contribution in [3.8, 4) is 11.5 Å². The van der Waals surface area contributed by atoms with Crippen molar-refractivity contribution in [2.45, 2.75) is 120 Å². The van der Waals surface area contributed by atoms with Crippen molar-refractivity contribution in [2.75, 3.05) is 0 Å². The standard InChI is InChI=1S/C47H62O15/c1-10-27(2)19-28(3)20-29(4)21-30(5)22-31(6)23-37(46(56)58-25-35-11-15-38(16-12-35)60-33(8)48)24-32(7)45(55)62-42(40(43(51)52)41(50)44(53)54)47(57)59-26-36-13-17-39(18-14-36)61-34(9)49/h11-18,22-23,27-30,32,40-42,50H,10,19-21,24-26H2,1-9H3,(H,51,52)(H,53,54)/b31-22+,37-23-. The quantitative estimate of drug-likeness (QED) is 0.0290. The molecule has 0 aliphatic heterocycles. The van der Waals surface area contributed by atoms with Gasteiger partial charge in [0.2, 0.25) is 6.10 Å². The zero-order valence-electron chi connectivity index (χ0n) is 37.1. The summed E-state index contributed by atoms with van der Waals surface area (Å²) < 4.78 is 26.2. The van der Waals surface area contributed by atoms with Crippen LogP contribution >= 0.6 is 0 Å². The smallest absolute Gasteiger partial charge is 0.348 e. The fraction of sp³-hybridized carbons (Fsp3) is 0.511. The number of esters is 5. The molecular weight excluding hydrogens is 805 g/mol. The van der Waals surface area contributed by atoms with Crippen LogP contribution in [0.15, 0.2) is 71.8 Å². The molecule has 15 heteroatoms. The summed E-state index contributed by atoms with van der Waals surface area (Å²) in [5, 5.41) is 29.7. The molecule has 0 saturated carbocycles. The third-order valence-electron chi connectivity index (χ3n) is 10.0. The lowest BCUT2D eigenvalue weighted by molar-refractivity contribution is -0.186. The first kappa shape index (κ1) is 52.3. The number of carboxylic acid groups (broad SMARTS) is 2. The molecule has 0 spiro atoms. The van der Waals surface area contributed by atoms with E-state index in [0.29, 0.717) is 40.2 Å². The van der Waals surface area contributed by atoms with E-state index in [-0.39, 0.29) is 30.3 Å². The van der Waals surface area contributed by atoms with Gasteiger partial charge < -0.3 is 39.0 Å². The molecule has 0 aromatic heterocycles. The predicted molar refractivity (Wildman–Crippen MR) is 226 cm³/mol. The first-order valence-electron chi connectivity index (χ1n) is 20.7. The lowest BCUT2D eigenvalue weighted by atomic mass is 9.84. The van der Waals surface area contributed by atoms with E-state index in [2.05, 4.69) is 34.6 Å². The number of aliphatic hydroxyl groups is 1. The van der Waals surface area contributed by atoms with Crippen molar-refractivity contribution in [1.29, 1.82) is 0 Å². The van der Waals surface area contributed by atoms with Crippen molar-refractivity contribution in [1.82, 2.24) is 0 Å². The van der Waals surface area contributed by atoms with Gasteiger partial charge in [0.1, 0.15) is 30.6 Å². The molecule has 0 bridgehead atoms.